The van der Waals surface area contributed by atoms with Crippen LogP contribution in [-0.4, -0.2) is 25.0 Å². The minimum Gasteiger partial charge on any atom is -0.481 e. The number of carbonyl (C=O) groups is 1. The Morgan fingerprint density at radius 1 is 1.17 bits per heavy atom. The monoisotopic (exact) mass is 448 g/mol. The zero-order valence-corrected chi connectivity index (χ0v) is 17.9. The Bertz CT molecular complexity index is 921. The first-order valence-electron chi connectivity index (χ1n) is 10.4. The Kier molecular flexibility index (Phi) is 4.88. The van der Waals surface area contributed by atoms with Gasteiger partial charge < -0.3 is 9.29 Å². The van der Waals surface area contributed by atoms with Crippen LogP contribution in [0.1, 0.15) is 58.8 Å². The van der Waals surface area contributed by atoms with Crippen LogP contribution < -0.4 is 0 Å². The summed E-state index contributed by atoms with van der Waals surface area (Å²) in [6, 6.07) is 0. The van der Waals surface area contributed by atoms with Crippen LogP contribution in [0.5, 0.6) is 0 Å². The van der Waals surface area contributed by atoms with Crippen molar-refractivity contribution in [3.63, 3.8) is 0 Å². The number of alkyl halides is 3. The van der Waals surface area contributed by atoms with Crippen LogP contribution in [0.25, 0.3) is 0 Å². The first kappa shape index (κ1) is 21.7. The van der Waals surface area contributed by atoms with Gasteiger partial charge in [-0.15, -0.1) is 0 Å². The number of aliphatic carboxylic acids is 1. The fourth-order valence-electron chi connectivity index (χ4n) is 6.96. The molecule has 6 atom stereocenters. The van der Waals surface area contributed by atoms with Gasteiger partial charge in [-0.2, -0.15) is 21.6 Å². The Hall–Kier alpha value is -1.51. The maximum absolute atomic E-state index is 12.7. The average Bonchev–Trinajstić information content (AvgIpc) is 2.98. The molecule has 4 aliphatic carbocycles. The highest BCUT2D eigenvalue weighted by Gasteiger charge is 2.60. The lowest BCUT2D eigenvalue weighted by Gasteiger charge is -2.56. The van der Waals surface area contributed by atoms with Gasteiger partial charge in [0, 0.05) is 6.42 Å². The van der Waals surface area contributed by atoms with Crippen molar-refractivity contribution < 1.29 is 35.7 Å². The molecule has 1 N–H and O–H groups in total. The smallest absolute Gasteiger partial charge is 0.481 e. The van der Waals surface area contributed by atoms with Gasteiger partial charge in [0.25, 0.3) is 0 Å². The molecule has 2 fully saturated rings. The average molecular weight is 449 g/mol. The van der Waals surface area contributed by atoms with Crippen LogP contribution in [0.4, 0.5) is 13.2 Å². The molecule has 5 nitrogen and oxygen atoms in total. The van der Waals surface area contributed by atoms with E-state index in [1.807, 2.05) is 6.08 Å². The van der Waals surface area contributed by atoms with E-state index < -0.39 is 21.6 Å². The summed E-state index contributed by atoms with van der Waals surface area (Å²) in [5, 5.41) is 9.67. The summed E-state index contributed by atoms with van der Waals surface area (Å²) in [7, 11) is -5.66. The summed E-state index contributed by atoms with van der Waals surface area (Å²) >= 11 is 0. The molecule has 0 aromatic carbocycles. The number of fused-ring (bicyclic) bond motifs is 5. The Morgan fingerprint density at radius 3 is 2.50 bits per heavy atom. The van der Waals surface area contributed by atoms with E-state index in [0.717, 1.165) is 31.3 Å². The van der Waals surface area contributed by atoms with Crippen molar-refractivity contribution in [2.75, 3.05) is 0 Å². The first-order chi connectivity index (χ1) is 13.8. The van der Waals surface area contributed by atoms with Gasteiger partial charge >= 0.3 is 21.6 Å². The molecule has 0 saturated heterocycles. The predicted molar refractivity (Wildman–Crippen MR) is 102 cm³/mol. The second-order valence-electron chi connectivity index (χ2n) is 9.80. The fraction of sp³-hybridized carbons (Fsp3) is 0.762. The molecule has 0 spiro atoms. The molecule has 0 aliphatic heterocycles. The maximum Gasteiger partial charge on any atom is 0.534 e. The van der Waals surface area contributed by atoms with Crippen LogP contribution in [0.15, 0.2) is 23.5 Å². The highest BCUT2D eigenvalue weighted by Crippen LogP contribution is 2.66. The van der Waals surface area contributed by atoms with Crippen molar-refractivity contribution in [2.45, 2.75) is 64.3 Å². The highest BCUT2D eigenvalue weighted by atomic mass is 32.2. The largest absolute Gasteiger partial charge is 0.534 e. The van der Waals surface area contributed by atoms with E-state index in [1.54, 1.807) is 0 Å². The molecule has 4 aliphatic rings. The zero-order valence-electron chi connectivity index (χ0n) is 17.0. The van der Waals surface area contributed by atoms with Gasteiger partial charge in [0.05, 0.1) is 5.92 Å². The van der Waals surface area contributed by atoms with Crippen molar-refractivity contribution in [3.05, 3.63) is 23.5 Å². The molecule has 9 heteroatoms. The van der Waals surface area contributed by atoms with E-state index in [1.165, 1.54) is 6.08 Å². The number of hydrogen-bond donors (Lipinski definition) is 1. The molecule has 0 bridgehead atoms. The van der Waals surface area contributed by atoms with E-state index in [-0.39, 0.29) is 28.9 Å². The van der Waals surface area contributed by atoms with Gasteiger partial charge in [-0.05, 0) is 78.8 Å². The third kappa shape index (κ3) is 3.10. The van der Waals surface area contributed by atoms with Crippen molar-refractivity contribution in [1.82, 2.24) is 0 Å². The second kappa shape index (κ2) is 6.74. The fourth-order valence-corrected chi connectivity index (χ4v) is 7.47. The molecule has 30 heavy (non-hydrogen) atoms. The summed E-state index contributed by atoms with van der Waals surface area (Å²) in [5.41, 5.74) is -5.08. The molecule has 168 valence electrons. The summed E-state index contributed by atoms with van der Waals surface area (Å²) in [6.07, 6.45) is 8.15. The van der Waals surface area contributed by atoms with Gasteiger partial charge in [-0.1, -0.05) is 19.9 Å². The molecule has 0 radical (unpaired) electrons. The Balaban J connectivity index is 1.61. The summed E-state index contributed by atoms with van der Waals surface area (Å²) in [5.74, 6) is -0.233. The van der Waals surface area contributed by atoms with Gasteiger partial charge in [0.2, 0.25) is 0 Å². The standard InChI is InChI=1S/C21H27F3O5S/c1-19-9-7-13(29-30(27,28)21(22,23)24)11-12(19)3-4-14-15-5-6-17(18(25)26)20(15,2)10-8-16(14)19/h3,11,14-17H,4-10H2,1-2H3,(H,25,26)/t14-,15-,16-,17+,19-,20-/m0/s1. The summed E-state index contributed by atoms with van der Waals surface area (Å²) < 4.78 is 65.2. The van der Waals surface area contributed by atoms with Crippen LogP contribution >= 0.6 is 0 Å². The van der Waals surface area contributed by atoms with Gasteiger partial charge in [-0.3, -0.25) is 4.79 Å². The molecule has 0 heterocycles. The van der Waals surface area contributed by atoms with Crippen molar-refractivity contribution in [2.24, 2.45) is 34.5 Å². The van der Waals surface area contributed by atoms with Crippen LogP contribution in [0, 0.1) is 34.5 Å². The van der Waals surface area contributed by atoms with Gasteiger partial charge in [0.1, 0.15) is 5.76 Å². The predicted octanol–water partition coefficient (Wildman–Crippen LogP) is 5.01. The topological polar surface area (TPSA) is 80.7 Å². The number of carboxylic acid groups (broad SMARTS) is 1. The number of carboxylic acids is 1. The van der Waals surface area contributed by atoms with Crippen molar-refractivity contribution in [3.8, 4) is 0 Å². The second-order valence-corrected chi connectivity index (χ2v) is 11.3. The lowest BCUT2D eigenvalue weighted by Crippen LogP contribution is -2.50. The SMILES string of the molecule is C[C@]12CC[C@H]3[C@@H](CC=C4C=C(OS(=O)(=O)C(F)(F)F)CC[C@@]43C)[C@@H]1CC[C@@H]2C(=O)O. The molecule has 0 aromatic rings. The van der Waals surface area contributed by atoms with E-state index in [2.05, 4.69) is 18.0 Å². The normalized spacial score (nSPS) is 41.1. The summed E-state index contributed by atoms with van der Waals surface area (Å²) in [4.78, 5) is 11.8. The lowest BCUT2D eigenvalue weighted by molar-refractivity contribution is -0.148. The number of rotatable bonds is 3. The maximum atomic E-state index is 12.7. The molecule has 4 rings (SSSR count). The Morgan fingerprint density at radius 2 is 1.87 bits per heavy atom. The van der Waals surface area contributed by atoms with Gasteiger partial charge in [0.15, 0.2) is 0 Å². The Labute approximate surface area is 174 Å². The number of hydrogen-bond acceptors (Lipinski definition) is 4. The number of allylic oxidation sites excluding steroid dienone is 4. The molecule has 0 aromatic heterocycles. The van der Waals surface area contributed by atoms with Crippen LogP contribution in [0.3, 0.4) is 0 Å². The van der Waals surface area contributed by atoms with Crippen molar-refractivity contribution >= 4 is 16.1 Å². The lowest BCUT2D eigenvalue weighted by atomic mass is 9.48. The molecule has 0 unspecified atom stereocenters. The third-order valence-electron chi connectivity index (χ3n) is 8.53. The molecular formula is C21H27F3O5S. The van der Waals surface area contributed by atoms with Crippen molar-refractivity contribution in [1.29, 1.82) is 0 Å². The van der Waals surface area contributed by atoms with Gasteiger partial charge in [-0.25, -0.2) is 0 Å². The minimum atomic E-state index is -5.66. The first-order valence-corrected chi connectivity index (χ1v) is 11.9. The summed E-state index contributed by atoms with van der Waals surface area (Å²) in [6.45, 7) is 4.21. The van der Waals surface area contributed by atoms with E-state index in [0.29, 0.717) is 30.6 Å². The van der Waals surface area contributed by atoms with E-state index in [4.69, 9.17) is 0 Å². The van der Waals surface area contributed by atoms with Crippen LogP contribution in [-0.2, 0) is 19.1 Å². The highest BCUT2D eigenvalue weighted by molar-refractivity contribution is 7.87. The molecular weight excluding hydrogens is 421 g/mol. The van der Waals surface area contributed by atoms with Crippen LogP contribution in [0.2, 0.25) is 0 Å². The molecule has 2 saturated carbocycles. The minimum absolute atomic E-state index is 0.131. The van der Waals surface area contributed by atoms with E-state index >= 15 is 0 Å². The van der Waals surface area contributed by atoms with E-state index in [9.17, 15) is 31.5 Å². The quantitative estimate of drug-likeness (QED) is 0.485. The number of halogens is 3. The molecule has 0 amide bonds. The zero-order chi connectivity index (χ0) is 22.1. The third-order valence-corrected chi connectivity index (χ3v) is 9.53.